The number of hydrogen-bond acceptors (Lipinski definition) is 2. The Morgan fingerprint density at radius 3 is 2.71 bits per heavy atom. The summed E-state index contributed by atoms with van der Waals surface area (Å²) in [6, 6.07) is 0. The third-order valence-corrected chi connectivity index (χ3v) is 4.82. The largest absolute Gasteiger partial charge is 0.475 e. The normalized spacial score (nSPS) is 49.4. The molecule has 3 rings (SSSR count). The Labute approximate surface area is 96.0 Å². The lowest BCUT2D eigenvalue weighted by molar-refractivity contribution is 0.0814. The molecule has 2 bridgehead atoms. The maximum Gasteiger partial charge on any atom is 0.217 e. The van der Waals surface area contributed by atoms with E-state index in [1.165, 1.54) is 32.1 Å². The number of thiol groups is 1. The molecule has 3 aliphatic rings. The fraction of sp³-hybridized carbons (Fsp3) is 0.909. The van der Waals surface area contributed by atoms with Gasteiger partial charge in [-0.05, 0) is 61.6 Å². The average molecular weight is 228 g/mol. The monoisotopic (exact) mass is 228 g/mol. The van der Waals surface area contributed by atoms with Crippen molar-refractivity contribution in [2.24, 2.45) is 23.7 Å². The molecule has 0 heterocycles. The van der Waals surface area contributed by atoms with E-state index in [9.17, 15) is 0 Å². The molecule has 0 aromatic carbocycles. The van der Waals surface area contributed by atoms with Crippen molar-refractivity contribution in [3.8, 4) is 0 Å². The zero-order valence-electron chi connectivity index (χ0n) is 8.19. The van der Waals surface area contributed by atoms with E-state index in [2.05, 4.69) is 12.6 Å². The summed E-state index contributed by atoms with van der Waals surface area (Å²) in [6.45, 7) is 0. The predicted octanol–water partition coefficient (Wildman–Crippen LogP) is 3.04. The van der Waals surface area contributed by atoms with Crippen molar-refractivity contribution in [3.63, 3.8) is 0 Å². The molecule has 5 atom stereocenters. The smallest absolute Gasteiger partial charge is 0.217 e. The van der Waals surface area contributed by atoms with Crippen molar-refractivity contribution >= 4 is 29.2 Å². The van der Waals surface area contributed by atoms with Crippen molar-refractivity contribution in [1.82, 2.24) is 0 Å². The molecule has 3 heteroatoms. The van der Waals surface area contributed by atoms with Crippen LogP contribution in [0.4, 0.5) is 0 Å². The lowest BCUT2D eigenvalue weighted by atomic mass is 9.80. The van der Waals surface area contributed by atoms with Crippen molar-refractivity contribution in [1.29, 1.82) is 0 Å². The van der Waals surface area contributed by atoms with Gasteiger partial charge >= 0.3 is 0 Å². The topological polar surface area (TPSA) is 9.23 Å². The molecule has 14 heavy (non-hydrogen) atoms. The highest BCUT2D eigenvalue weighted by atomic mass is 32.1. The van der Waals surface area contributed by atoms with E-state index in [0.717, 1.165) is 23.7 Å². The second-order valence-electron chi connectivity index (χ2n) is 5.08. The molecule has 0 N–H and O–H groups in total. The first kappa shape index (κ1) is 9.46. The molecule has 1 nitrogen and oxygen atoms in total. The highest BCUT2D eigenvalue weighted by Crippen LogP contribution is 2.59. The molecule has 0 saturated heterocycles. The SMILES string of the molecule is S=C(S)O[C@@H]1C[C@@H]2C[C@H]1[C@@H]1CCC[C@H]21. The minimum absolute atomic E-state index is 0.407. The number of rotatable bonds is 1. The summed E-state index contributed by atoms with van der Waals surface area (Å²) in [4.78, 5) is 0. The predicted molar refractivity (Wildman–Crippen MR) is 63.5 cm³/mol. The van der Waals surface area contributed by atoms with Gasteiger partial charge < -0.3 is 4.74 Å². The van der Waals surface area contributed by atoms with Crippen molar-refractivity contribution in [2.75, 3.05) is 0 Å². The van der Waals surface area contributed by atoms with E-state index in [-0.39, 0.29) is 0 Å². The van der Waals surface area contributed by atoms with Crippen LogP contribution in [0.15, 0.2) is 0 Å². The Morgan fingerprint density at radius 2 is 1.93 bits per heavy atom. The molecule has 3 saturated carbocycles. The van der Waals surface area contributed by atoms with Gasteiger partial charge in [0.15, 0.2) is 0 Å². The van der Waals surface area contributed by atoms with Gasteiger partial charge in [0, 0.05) is 0 Å². The number of fused-ring (bicyclic) bond motifs is 5. The van der Waals surface area contributed by atoms with Crippen LogP contribution < -0.4 is 0 Å². The second kappa shape index (κ2) is 3.38. The van der Waals surface area contributed by atoms with Crippen LogP contribution in [0.3, 0.4) is 0 Å². The molecule has 0 radical (unpaired) electrons. The van der Waals surface area contributed by atoms with Crippen LogP contribution >= 0.6 is 24.8 Å². The summed E-state index contributed by atoms with van der Waals surface area (Å²) in [6.07, 6.45) is 7.41. The maximum atomic E-state index is 5.65. The quantitative estimate of drug-likeness (QED) is 0.545. The summed E-state index contributed by atoms with van der Waals surface area (Å²) < 4.78 is 6.09. The Kier molecular flexibility index (Phi) is 2.28. The molecule has 0 spiro atoms. The van der Waals surface area contributed by atoms with Crippen LogP contribution in [0.1, 0.15) is 32.1 Å². The van der Waals surface area contributed by atoms with Gasteiger partial charge in [0.2, 0.25) is 4.38 Å². The van der Waals surface area contributed by atoms with Crippen molar-refractivity contribution in [3.05, 3.63) is 0 Å². The number of ether oxygens (including phenoxy) is 1. The third kappa shape index (κ3) is 1.32. The Bertz CT molecular complexity index is 266. The summed E-state index contributed by atoms with van der Waals surface area (Å²) in [7, 11) is 0. The zero-order chi connectivity index (χ0) is 9.71. The first-order chi connectivity index (χ1) is 6.75. The molecular weight excluding hydrogens is 212 g/mol. The second-order valence-corrected chi connectivity index (χ2v) is 6.16. The summed E-state index contributed by atoms with van der Waals surface area (Å²) in [5.41, 5.74) is 0. The summed E-state index contributed by atoms with van der Waals surface area (Å²) >= 11 is 8.98. The van der Waals surface area contributed by atoms with Crippen LogP contribution in [-0.4, -0.2) is 10.5 Å². The van der Waals surface area contributed by atoms with E-state index >= 15 is 0 Å². The summed E-state index contributed by atoms with van der Waals surface area (Å²) in [5, 5.41) is 0. The fourth-order valence-electron chi connectivity index (χ4n) is 4.27. The first-order valence-electron chi connectivity index (χ1n) is 5.65. The molecule has 0 aromatic heterocycles. The minimum Gasteiger partial charge on any atom is -0.475 e. The van der Waals surface area contributed by atoms with E-state index in [1.807, 2.05) is 0 Å². The fourth-order valence-corrected chi connectivity index (χ4v) is 4.53. The van der Waals surface area contributed by atoms with Gasteiger partial charge in [0.05, 0.1) is 0 Å². The highest BCUT2D eigenvalue weighted by Gasteiger charge is 2.54. The van der Waals surface area contributed by atoms with Gasteiger partial charge in [-0.15, -0.1) is 0 Å². The van der Waals surface area contributed by atoms with Gasteiger partial charge in [-0.2, -0.15) is 0 Å². The molecule has 0 amide bonds. The van der Waals surface area contributed by atoms with Gasteiger partial charge in [-0.1, -0.05) is 19.0 Å². The average Bonchev–Trinajstić information content (AvgIpc) is 2.68. The summed E-state index contributed by atoms with van der Waals surface area (Å²) in [5.74, 6) is 3.74. The van der Waals surface area contributed by atoms with Gasteiger partial charge in [0.1, 0.15) is 6.10 Å². The van der Waals surface area contributed by atoms with Gasteiger partial charge in [-0.25, -0.2) is 0 Å². The molecule has 3 aliphatic carbocycles. The highest BCUT2D eigenvalue weighted by molar-refractivity contribution is 8.10. The first-order valence-corrected chi connectivity index (χ1v) is 6.51. The Hall–Kier alpha value is 0.240. The van der Waals surface area contributed by atoms with Crippen molar-refractivity contribution < 1.29 is 4.74 Å². The van der Waals surface area contributed by atoms with Crippen LogP contribution in [0.5, 0.6) is 0 Å². The minimum atomic E-state index is 0.407. The standard InChI is InChI=1S/C11H16OS2/c13-11(14)12-10-5-6-4-9(10)8-3-1-2-7(6)8/h6-10H,1-5H2,(H,13,14)/t6-,7+,8+,9-,10+/m0/s1. The Morgan fingerprint density at radius 1 is 1.14 bits per heavy atom. The Balaban J connectivity index is 1.73. The zero-order valence-corrected chi connectivity index (χ0v) is 9.90. The molecule has 78 valence electrons. The number of thiocarbonyl (C=S) groups is 1. The molecular formula is C11H16OS2. The lowest BCUT2D eigenvalue weighted by Crippen LogP contribution is -2.30. The third-order valence-electron chi connectivity index (χ3n) is 4.62. The van der Waals surface area contributed by atoms with Crippen LogP contribution in [0, 0.1) is 23.7 Å². The van der Waals surface area contributed by atoms with E-state index in [0.29, 0.717) is 10.5 Å². The number of hydrogen-bond donors (Lipinski definition) is 1. The molecule has 3 fully saturated rings. The molecule has 0 aliphatic heterocycles. The molecule has 0 aromatic rings. The van der Waals surface area contributed by atoms with Crippen LogP contribution in [0.2, 0.25) is 0 Å². The van der Waals surface area contributed by atoms with Crippen LogP contribution in [-0.2, 0) is 4.74 Å². The van der Waals surface area contributed by atoms with Gasteiger partial charge in [-0.3, -0.25) is 0 Å². The van der Waals surface area contributed by atoms with Crippen molar-refractivity contribution in [2.45, 2.75) is 38.2 Å². The van der Waals surface area contributed by atoms with E-state index in [4.69, 9.17) is 17.0 Å². The van der Waals surface area contributed by atoms with E-state index < -0.39 is 0 Å². The molecule has 0 unspecified atom stereocenters. The van der Waals surface area contributed by atoms with Gasteiger partial charge in [0.25, 0.3) is 0 Å². The lowest BCUT2D eigenvalue weighted by Gasteiger charge is -2.31. The van der Waals surface area contributed by atoms with E-state index in [1.54, 1.807) is 0 Å². The maximum absolute atomic E-state index is 5.65. The van der Waals surface area contributed by atoms with Crippen LogP contribution in [0.25, 0.3) is 0 Å².